The van der Waals surface area contributed by atoms with Crippen LogP contribution in [0.15, 0.2) is 121 Å². The highest BCUT2D eigenvalue weighted by atomic mass is 16.5. The van der Waals surface area contributed by atoms with Gasteiger partial charge in [-0.05, 0) is 116 Å². The van der Waals surface area contributed by atoms with Gasteiger partial charge in [-0.25, -0.2) is 0 Å². The first-order valence-electron chi connectivity index (χ1n) is 19.6. The zero-order valence-electron chi connectivity index (χ0n) is 34.2. The molecule has 0 radical (unpaired) electrons. The fraction of sp³-hybridized carbons (Fsp3) is 0.294. The Hall–Kier alpha value is -5.48. The number of anilines is 2. The molecule has 0 amide bonds. The van der Waals surface area contributed by atoms with Gasteiger partial charge >= 0.3 is 0 Å². The van der Waals surface area contributed by atoms with Gasteiger partial charge in [-0.15, -0.1) is 0 Å². The van der Waals surface area contributed by atoms with E-state index in [0.29, 0.717) is 0 Å². The summed E-state index contributed by atoms with van der Waals surface area (Å²) in [5, 5.41) is 0. The van der Waals surface area contributed by atoms with Gasteiger partial charge in [-0.1, -0.05) is 142 Å². The smallest absolute Gasteiger partial charge is 0.131 e. The zero-order chi connectivity index (χ0) is 39.4. The molecule has 0 bridgehead atoms. The molecule has 0 aliphatic heterocycles. The number of rotatable bonds is 8. The third kappa shape index (κ3) is 6.77. The van der Waals surface area contributed by atoms with E-state index in [2.05, 4.69) is 154 Å². The van der Waals surface area contributed by atoms with E-state index >= 15 is 0 Å². The van der Waals surface area contributed by atoms with E-state index in [1.54, 1.807) is 0 Å². The lowest BCUT2D eigenvalue weighted by Gasteiger charge is -2.35. The minimum atomic E-state index is -0.590. The number of nitrogens with two attached hydrogens (primary N) is 2. The monoisotopic (exact) mass is 728 g/mol. The molecule has 55 heavy (non-hydrogen) atoms. The summed E-state index contributed by atoms with van der Waals surface area (Å²) in [4.78, 5) is 0. The van der Waals surface area contributed by atoms with Gasteiger partial charge in [-0.3, -0.25) is 0 Å². The topological polar surface area (TPSA) is 70.5 Å². The summed E-state index contributed by atoms with van der Waals surface area (Å²) >= 11 is 0. The lowest BCUT2D eigenvalue weighted by Crippen LogP contribution is -2.29. The minimum absolute atomic E-state index is 0.143. The predicted octanol–water partition coefficient (Wildman–Crippen LogP) is 13.6. The first-order chi connectivity index (χ1) is 26.0. The van der Waals surface area contributed by atoms with E-state index in [4.69, 9.17) is 20.9 Å². The quantitative estimate of drug-likeness (QED) is 0.153. The summed E-state index contributed by atoms with van der Waals surface area (Å²) in [5.41, 5.74) is 25.0. The summed E-state index contributed by atoms with van der Waals surface area (Å²) < 4.78 is 13.7. The van der Waals surface area contributed by atoms with E-state index in [9.17, 15) is 0 Å². The fourth-order valence-corrected chi connectivity index (χ4v) is 8.36. The van der Waals surface area contributed by atoms with Gasteiger partial charge in [0.25, 0.3) is 0 Å². The van der Waals surface area contributed by atoms with Crippen molar-refractivity contribution in [3.8, 4) is 34.1 Å². The molecule has 282 valence electrons. The lowest BCUT2D eigenvalue weighted by atomic mass is 9.66. The molecule has 0 atom stereocenters. The van der Waals surface area contributed by atoms with Gasteiger partial charge in [0.2, 0.25) is 0 Å². The van der Waals surface area contributed by atoms with Crippen molar-refractivity contribution in [1.29, 1.82) is 0 Å². The van der Waals surface area contributed by atoms with Crippen LogP contribution in [0.4, 0.5) is 11.4 Å². The maximum Gasteiger partial charge on any atom is 0.131 e. The standard InChI is InChI=1S/C51H56N2O2/c1-31(2)39-27-33(19-23-45(39)54-47-25-21-35(52)29-43(47)49(5,6)7)51(41-17-13-11-15-37(41)38-16-12-14-18-42(38)51)34-20-24-46(40(28-34)32(3)4)55-48-26-22-36(53)30-44(48)50(8,9)10/h11-32H,52-53H2,1-10H3. The number of benzene rings is 6. The summed E-state index contributed by atoms with van der Waals surface area (Å²) in [6, 6.07) is 43.4. The SMILES string of the molecule is CC(C)c1cc(C2(c3ccc(Oc4ccc(N)cc4C(C)(C)C)c(C(C)C)c3)c3ccccc3-c3ccccc32)ccc1Oc1ccc(N)cc1C(C)(C)C. The Morgan fingerprint density at radius 3 is 1.18 bits per heavy atom. The molecule has 1 aliphatic rings. The highest BCUT2D eigenvalue weighted by Crippen LogP contribution is 2.57. The van der Waals surface area contributed by atoms with Crippen molar-refractivity contribution in [2.75, 3.05) is 11.5 Å². The number of fused-ring (bicyclic) bond motifs is 3. The molecule has 4 N–H and O–H groups in total. The Kier molecular flexibility index (Phi) is 9.62. The molecule has 0 saturated carbocycles. The molecule has 4 nitrogen and oxygen atoms in total. The van der Waals surface area contributed by atoms with Gasteiger partial charge in [-0.2, -0.15) is 0 Å². The van der Waals surface area contributed by atoms with Crippen LogP contribution in [0.5, 0.6) is 23.0 Å². The average molecular weight is 729 g/mol. The number of ether oxygens (including phenoxy) is 2. The van der Waals surface area contributed by atoms with Gasteiger partial charge in [0, 0.05) is 22.5 Å². The van der Waals surface area contributed by atoms with Gasteiger partial charge in [0.15, 0.2) is 0 Å². The fourth-order valence-electron chi connectivity index (χ4n) is 8.36. The van der Waals surface area contributed by atoms with Crippen LogP contribution < -0.4 is 20.9 Å². The summed E-state index contributed by atoms with van der Waals surface area (Å²) in [6.45, 7) is 22.2. The minimum Gasteiger partial charge on any atom is -0.457 e. The largest absolute Gasteiger partial charge is 0.457 e. The van der Waals surface area contributed by atoms with Crippen LogP contribution in [0.2, 0.25) is 0 Å². The number of hydrogen-bond acceptors (Lipinski definition) is 4. The molecule has 0 fully saturated rings. The van der Waals surface area contributed by atoms with E-state index in [1.807, 2.05) is 36.4 Å². The van der Waals surface area contributed by atoms with Crippen molar-refractivity contribution in [1.82, 2.24) is 0 Å². The van der Waals surface area contributed by atoms with Crippen molar-refractivity contribution in [2.45, 2.75) is 97.3 Å². The molecule has 0 unspecified atom stereocenters. The highest BCUT2D eigenvalue weighted by molar-refractivity contribution is 5.86. The third-order valence-electron chi connectivity index (χ3n) is 11.1. The highest BCUT2D eigenvalue weighted by Gasteiger charge is 2.46. The molecular weight excluding hydrogens is 673 g/mol. The molecule has 0 aromatic heterocycles. The molecule has 0 saturated heterocycles. The molecule has 0 heterocycles. The van der Waals surface area contributed by atoms with Crippen LogP contribution in [0.1, 0.15) is 126 Å². The molecule has 0 spiro atoms. The molecule has 6 aromatic rings. The normalized spacial score (nSPS) is 13.5. The van der Waals surface area contributed by atoms with E-state index in [0.717, 1.165) is 56.6 Å². The van der Waals surface area contributed by atoms with Crippen LogP contribution >= 0.6 is 0 Å². The van der Waals surface area contributed by atoms with Gasteiger partial charge in [0.05, 0.1) is 5.41 Å². The first-order valence-corrected chi connectivity index (χ1v) is 19.6. The van der Waals surface area contributed by atoms with Crippen molar-refractivity contribution in [2.24, 2.45) is 0 Å². The maximum absolute atomic E-state index is 6.86. The average Bonchev–Trinajstić information content (AvgIpc) is 3.43. The molecule has 1 aliphatic carbocycles. The Morgan fingerprint density at radius 1 is 0.455 bits per heavy atom. The summed E-state index contributed by atoms with van der Waals surface area (Å²) in [7, 11) is 0. The van der Waals surface area contributed by atoms with Gasteiger partial charge < -0.3 is 20.9 Å². The van der Waals surface area contributed by atoms with Crippen LogP contribution in [0, 0.1) is 0 Å². The summed E-state index contributed by atoms with van der Waals surface area (Å²) in [6.07, 6.45) is 0. The zero-order valence-corrected chi connectivity index (χ0v) is 34.2. The van der Waals surface area contributed by atoms with E-state index in [-0.39, 0.29) is 22.7 Å². The van der Waals surface area contributed by atoms with Crippen LogP contribution in [-0.2, 0) is 16.2 Å². The molecule has 4 heteroatoms. The Morgan fingerprint density at radius 2 is 0.818 bits per heavy atom. The predicted molar refractivity (Wildman–Crippen MR) is 231 cm³/mol. The van der Waals surface area contributed by atoms with E-state index < -0.39 is 5.41 Å². The Bertz CT molecular complexity index is 2220. The van der Waals surface area contributed by atoms with Crippen molar-refractivity contribution in [3.05, 3.63) is 166 Å². The second-order valence-corrected chi connectivity index (χ2v) is 17.9. The Balaban J connectivity index is 1.45. The van der Waals surface area contributed by atoms with Crippen molar-refractivity contribution in [3.63, 3.8) is 0 Å². The first kappa shape index (κ1) is 37.8. The summed E-state index contributed by atoms with van der Waals surface area (Å²) in [5.74, 6) is 3.77. The molecular formula is C51H56N2O2. The van der Waals surface area contributed by atoms with Crippen molar-refractivity contribution >= 4 is 11.4 Å². The second-order valence-electron chi connectivity index (χ2n) is 17.9. The third-order valence-corrected chi connectivity index (χ3v) is 11.1. The lowest BCUT2D eigenvalue weighted by molar-refractivity contribution is 0.448. The van der Waals surface area contributed by atoms with Crippen molar-refractivity contribution < 1.29 is 9.47 Å². The second kappa shape index (κ2) is 14.0. The van der Waals surface area contributed by atoms with Crippen LogP contribution in [-0.4, -0.2) is 0 Å². The maximum atomic E-state index is 6.86. The number of hydrogen-bond donors (Lipinski definition) is 2. The van der Waals surface area contributed by atoms with E-state index in [1.165, 1.54) is 33.4 Å². The van der Waals surface area contributed by atoms with Crippen LogP contribution in [0.3, 0.4) is 0 Å². The van der Waals surface area contributed by atoms with Gasteiger partial charge in [0.1, 0.15) is 23.0 Å². The molecule has 6 aromatic carbocycles. The van der Waals surface area contributed by atoms with Crippen LogP contribution in [0.25, 0.3) is 11.1 Å². The number of nitrogen functional groups attached to an aromatic ring is 2. The Labute approximate surface area is 328 Å². The molecule has 7 rings (SSSR count).